The standard InChI is InChI=1S/C17H20ClNOS/c1-12(2)20-14-9-7-13(8-10-14)16(19)11-21-17-6-4-3-5-15(17)18/h3-10,12,16H,11,19H2,1-2H3. The first-order valence-electron chi connectivity index (χ1n) is 6.96. The summed E-state index contributed by atoms with van der Waals surface area (Å²) in [6.07, 6.45) is 0.181. The lowest BCUT2D eigenvalue weighted by Crippen LogP contribution is -2.13. The van der Waals surface area contributed by atoms with Gasteiger partial charge < -0.3 is 10.5 Å². The maximum atomic E-state index is 6.24. The van der Waals surface area contributed by atoms with E-state index in [4.69, 9.17) is 22.1 Å². The van der Waals surface area contributed by atoms with Crippen molar-refractivity contribution in [1.29, 1.82) is 0 Å². The van der Waals surface area contributed by atoms with Crippen LogP contribution in [0.5, 0.6) is 5.75 Å². The normalized spacial score (nSPS) is 12.4. The molecule has 21 heavy (non-hydrogen) atoms. The average molecular weight is 322 g/mol. The molecular formula is C17H20ClNOS. The minimum absolute atomic E-state index is 0.0284. The Bertz CT molecular complexity index is 571. The van der Waals surface area contributed by atoms with Crippen molar-refractivity contribution in [3.8, 4) is 5.75 Å². The van der Waals surface area contributed by atoms with Gasteiger partial charge in [-0.3, -0.25) is 0 Å². The summed E-state index contributed by atoms with van der Waals surface area (Å²) in [4.78, 5) is 1.06. The van der Waals surface area contributed by atoms with E-state index < -0.39 is 0 Å². The highest BCUT2D eigenvalue weighted by atomic mass is 35.5. The summed E-state index contributed by atoms with van der Waals surface area (Å²) in [5.74, 6) is 1.66. The predicted molar refractivity (Wildman–Crippen MR) is 91.3 cm³/mol. The van der Waals surface area contributed by atoms with Crippen molar-refractivity contribution < 1.29 is 4.74 Å². The summed E-state index contributed by atoms with van der Waals surface area (Å²) in [5, 5.41) is 0.774. The van der Waals surface area contributed by atoms with Crippen molar-refractivity contribution >= 4 is 23.4 Å². The third-order valence-corrected chi connectivity index (χ3v) is 4.57. The van der Waals surface area contributed by atoms with Crippen molar-refractivity contribution in [1.82, 2.24) is 0 Å². The van der Waals surface area contributed by atoms with Gasteiger partial charge in [-0.25, -0.2) is 0 Å². The second kappa shape index (κ2) is 7.74. The average Bonchev–Trinajstić information content (AvgIpc) is 2.46. The molecular weight excluding hydrogens is 302 g/mol. The molecule has 0 aliphatic heterocycles. The Morgan fingerprint density at radius 2 is 1.76 bits per heavy atom. The summed E-state index contributed by atoms with van der Waals surface area (Å²) in [5.41, 5.74) is 7.34. The summed E-state index contributed by atoms with van der Waals surface area (Å²) in [6.45, 7) is 4.03. The molecule has 1 unspecified atom stereocenters. The molecule has 112 valence electrons. The van der Waals surface area contributed by atoms with Crippen molar-refractivity contribution in [3.05, 3.63) is 59.1 Å². The van der Waals surface area contributed by atoms with Crippen LogP contribution in [0.25, 0.3) is 0 Å². The molecule has 0 aliphatic rings. The van der Waals surface area contributed by atoms with Crippen LogP contribution in [-0.2, 0) is 0 Å². The van der Waals surface area contributed by atoms with Crippen LogP contribution in [0.2, 0.25) is 5.02 Å². The van der Waals surface area contributed by atoms with Gasteiger partial charge in [-0.05, 0) is 43.7 Å². The smallest absolute Gasteiger partial charge is 0.119 e. The number of rotatable bonds is 6. The quantitative estimate of drug-likeness (QED) is 0.767. The molecule has 2 nitrogen and oxygen atoms in total. The lowest BCUT2D eigenvalue weighted by Gasteiger charge is -2.14. The number of halogens is 1. The molecule has 0 fully saturated rings. The van der Waals surface area contributed by atoms with Crippen molar-refractivity contribution in [2.75, 3.05) is 5.75 Å². The molecule has 4 heteroatoms. The third-order valence-electron chi connectivity index (χ3n) is 2.94. The van der Waals surface area contributed by atoms with E-state index >= 15 is 0 Å². The van der Waals surface area contributed by atoms with Crippen LogP contribution in [0.3, 0.4) is 0 Å². The maximum Gasteiger partial charge on any atom is 0.119 e. The first-order valence-corrected chi connectivity index (χ1v) is 8.32. The maximum absolute atomic E-state index is 6.24. The number of ether oxygens (including phenoxy) is 1. The van der Waals surface area contributed by atoms with Gasteiger partial charge in [0.1, 0.15) is 5.75 Å². The summed E-state index contributed by atoms with van der Waals surface area (Å²) in [6, 6.07) is 15.8. The highest BCUT2D eigenvalue weighted by Gasteiger charge is 2.09. The summed E-state index contributed by atoms with van der Waals surface area (Å²) in [7, 11) is 0. The Hall–Kier alpha value is -1.16. The van der Waals surface area contributed by atoms with Crippen molar-refractivity contribution in [2.24, 2.45) is 5.73 Å². The Morgan fingerprint density at radius 3 is 2.38 bits per heavy atom. The molecule has 2 N–H and O–H groups in total. The van der Waals surface area contributed by atoms with Crippen LogP contribution in [0.15, 0.2) is 53.4 Å². The Kier molecular flexibility index (Phi) is 5.97. The highest BCUT2D eigenvalue weighted by Crippen LogP contribution is 2.29. The fourth-order valence-electron chi connectivity index (χ4n) is 1.90. The molecule has 2 rings (SSSR count). The summed E-state index contributed by atoms with van der Waals surface area (Å²) < 4.78 is 5.63. The van der Waals surface area contributed by atoms with Crippen LogP contribution < -0.4 is 10.5 Å². The van der Waals surface area contributed by atoms with E-state index in [2.05, 4.69) is 0 Å². The fourth-order valence-corrected chi connectivity index (χ4v) is 3.14. The van der Waals surface area contributed by atoms with Gasteiger partial charge in [-0.1, -0.05) is 35.9 Å². The van der Waals surface area contributed by atoms with E-state index in [-0.39, 0.29) is 12.1 Å². The topological polar surface area (TPSA) is 35.2 Å². The van der Waals surface area contributed by atoms with Gasteiger partial charge in [0.25, 0.3) is 0 Å². The predicted octanol–water partition coefficient (Wildman–Crippen LogP) is 4.92. The number of hydrogen-bond donors (Lipinski definition) is 1. The SMILES string of the molecule is CC(C)Oc1ccc(C(N)CSc2ccccc2Cl)cc1. The van der Waals surface area contributed by atoms with Crippen molar-refractivity contribution in [2.45, 2.75) is 30.9 Å². The first-order chi connectivity index (χ1) is 10.1. The Morgan fingerprint density at radius 1 is 1.10 bits per heavy atom. The van der Waals surface area contributed by atoms with E-state index in [1.807, 2.05) is 62.4 Å². The number of benzene rings is 2. The summed E-state index contributed by atoms with van der Waals surface area (Å²) >= 11 is 7.82. The lowest BCUT2D eigenvalue weighted by molar-refractivity contribution is 0.242. The number of hydrogen-bond acceptors (Lipinski definition) is 3. The lowest BCUT2D eigenvalue weighted by atomic mass is 10.1. The molecule has 0 amide bonds. The number of thioether (sulfide) groups is 1. The van der Waals surface area contributed by atoms with E-state index in [0.29, 0.717) is 0 Å². The second-order valence-corrected chi connectivity index (χ2v) is 6.55. The van der Waals surface area contributed by atoms with Gasteiger partial charge in [0, 0.05) is 16.7 Å². The van der Waals surface area contributed by atoms with Crippen LogP contribution in [0.1, 0.15) is 25.5 Å². The number of nitrogens with two attached hydrogens (primary N) is 1. The Balaban J connectivity index is 1.94. The molecule has 2 aromatic rings. The monoisotopic (exact) mass is 321 g/mol. The molecule has 1 atom stereocenters. The highest BCUT2D eigenvalue weighted by molar-refractivity contribution is 7.99. The first kappa shape index (κ1) is 16.2. The van der Waals surface area contributed by atoms with Gasteiger partial charge >= 0.3 is 0 Å². The van der Waals surface area contributed by atoms with Crippen LogP contribution in [0.4, 0.5) is 0 Å². The zero-order valence-electron chi connectivity index (χ0n) is 12.3. The second-order valence-electron chi connectivity index (χ2n) is 5.08. The van der Waals surface area contributed by atoms with Crippen LogP contribution in [0, 0.1) is 0 Å². The minimum Gasteiger partial charge on any atom is -0.491 e. The molecule has 0 saturated carbocycles. The molecule has 0 saturated heterocycles. The fraction of sp³-hybridized carbons (Fsp3) is 0.294. The molecule has 0 radical (unpaired) electrons. The molecule has 0 spiro atoms. The van der Waals surface area contributed by atoms with E-state index in [9.17, 15) is 0 Å². The van der Waals surface area contributed by atoms with E-state index in [0.717, 1.165) is 27.0 Å². The minimum atomic E-state index is -0.0284. The molecule has 0 bridgehead atoms. The van der Waals surface area contributed by atoms with Crippen LogP contribution >= 0.6 is 23.4 Å². The van der Waals surface area contributed by atoms with Gasteiger partial charge in [0.15, 0.2) is 0 Å². The van der Waals surface area contributed by atoms with Gasteiger partial charge in [-0.15, -0.1) is 11.8 Å². The van der Waals surface area contributed by atoms with E-state index in [1.165, 1.54) is 0 Å². The molecule has 2 aromatic carbocycles. The molecule has 0 heterocycles. The zero-order valence-corrected chi connectivity index (χ0v) is 13.8. The van der Waals surface area contributed by atoms with Crippen LogP contribution in [-0.4, -0.2) is 11.9 Å². The van der Waals surface area contributed by atoms with Gasteiger partial charge in [-0.2, -0.15) is 0 Å². The Labute approximate surface area is 135 Å². The van der Waals surface area contributed by atoms with E-state index in [1.54, 1.807) is 11.8 Å². The molecule has 0 aliphatic carbocycles. The van der Waals surface area contributed by atoms with Crippen molar-refractivity contribution in [3.63, 3.8) is 0 Å². The third kappa shape index (κ3) is 4.95. The largest absolute Gasteiger partial charge is 0.491 e. The van der Waals surface area contributed by atoms with Gasteiger partial charge in [0.05, 0.1) is 11.1 Å². The van der Waals surface area contributed by atoms with Gasteiger partial charge in [0.2, 0.25) is 0 Å². The molecule has 0 aromatic heterocycles. The zero-order chi connectivity index (χ0) is 15.2.